The average Bonchev–Trinajstić information content (AvgIpc) is 2.57. The molecule has 0 spiro atoms. The summed E-state index contributed by atoms with van der Waals surface area (Å²) in [5.41, 5.74) is 0. The molecule has 1 saturated heterocycles. The van der Waals surface area contributed by atoms with Crippen molar-refractivity contribution in [3.05, 3.63) is 0 Å². The molecule has 2 atom stereocenters. The lowest BCUT2D eigenvalue weighted by atomic mass is 9.99. The van der Waals surface area contributed by atoms with E-state index in [9.17, 15) is 9.59 Å². The molecule has 0 bridgehead atoms. The molecule has 1 aliphatic rings. The van der Waals surface area contributed by atoms with E-state index in [1.54, 1.807) is 7.11 Å². The van der Waals surface area contributed by atoms with Gasteiger partial charge in [0, 0.05) is 32.8 Å². The van der Waals surface area contributed by atoms with Gasteiger partial charge in [-0.2, -0.15) is 0 Å². The van der Waals surface area contributed by atoms with Crippen LogP contribution in [0.1, 0.15) is 46.0 Å². The van der Waals surface area contributed by atoms with Gasteiger partial charge in [0.2, 0.25) is 11.8 Å². The van der Waals surface area contributed by atoms with Crippen LogP contribution in [0.2, 0.25) is 0 Å². The second-order valence-corrected chi connectivity index (χ2v) is 6.38. The molecule has 0 saturated carbocycles. The third-order valence-electron chi connectivity index (χ3n) is 4.64. The van der Waals surface area contributed by atoms with Crippen LogP contribution in [-0.2, 0) is 14.3 Å². The van der Waals surface area contributed by atoms with Gasteiger partial charge >= 0.3 is 0 Å². The normalized spacial score (nSPS) is 19.7. The highest BCUT2D eigenvalue weighted by molar-refractivity contribution is 5.83. The Hall–Kier alpha value is -1.14. The van der Waals surface area contributed by atoms with Crippen molar-refractivity contribution in [3.63, 3.8) is 0 Å². The summed E-state index contributed by atoms with van der Waals surface area (Å²) in [7, 11) is 3.48. The number of piperidine rings is 1. The molecule has 0 aliphatic carbocycles. The van der Waals surface area contributed by atoms with Crippen LogP contribution >= 0.6 is 0 Å². The number of amides is 2. The molecule has 1 fully saturated rings. The number of methoxy groups -OCH3 is 1. The molecule has 2 amide bonds. The Labute approximate surface area is 140 Å². The Morgan fingerprint density at radius 2 is 2.13 bits per heavy atom. The first-order chi connectivity index (χ1) is 11.0. The van der Waals surface area contributed by atoms with Gasteiger partial charge in [-0.15, -0.1) is 0 Å². The number of carbonyl (C=O) groups is 2. The van der Waals surface area contributed by atoms with Crippen molar-refractivity contribution in [1.29, 1.82) is 0 Å². The summed E-state index contributed by atoms with van der Waals surface area (Å²) in [6.45, 7) is 6.36. The first-order valence-electron chi connectivity index (χ1n) is 8.77. The zero-order chi connectivity index (χ0) is 17.2. The van der Waals surface area contributed by atoms with Crippen molar-refractivity contribution < 1.29 is 14.3 Å². The molecule has 1 heterocycles. The highest BCUT2D eigenvalue weighted by atomic mass is 16.5. The van der Waals surface area contributed by atoms with E-state index in [-0.39, 0.29) is 24.4 Å². The van der Waals surface area contributed by atoms with Gasteiger partial charge in [0.05, 0.1) is 12.6 Å². The maximum atomic E-state index is 12.7. The minimum absolute atomic E-state index is 0.0473. The first-order valence-corrected chi connectivity index (χ1v) is 8.77. The molecule has 0 radical (unpaired) electrons. The van der Waals surface area contributed by atoms with E-state index in [2.05, 4.69) is 12.2 Å². The molecule has 23 heavy (non-hydrogen) atoms. The summed E-state index contributed by atoms with van der Waals surface area (Å²) >= 11 is 0. The molecule has 6 nitrogen and oxygen atoms in total. The number of carbonyl (C=O) groups excluding carboxylic acids is 2. The van der Waals surface area contributed by atoms with Crippen LogP contribution in [0.3, 0.4) is 0 Å². The SMILES string of the molecule is CCC1CCCCN1C(=O)C(C)N(C)CC(=O)NCCCOC. The summed E-state index contributed by atoms with van der Waals surface area (Å²) in [5, 5.41) is 2.86. The summed E-state index contributed by atoms with van der Waals surface area (Å²) in [6, 6.07) is 0.0850. The highest BCUT2D eigenvalue weighted by Gasteiger charge is 2.30. The van der Waals surface area contributed by atoms with E-state index in [0.717, 1.165) is 32.2 Å². The van der Waals surface area contributed by atoms with Crippen LogP contribution in [0.25, 0.3) is 0 Å². The van der Waals surface area contributed by atoms with Gasteiger partial charge in [-0.05, 0) is 46.1 Å². The maximum absolute atomic E-state index is 12.7. The van der Waals surface area contributed by atoms with Crippen LogP contribution in [0.4, 0.5) is 0 Å². The predicted octanol–water partition coefficient (Wildman–Crippen LogP) is 1.25. The van der Waals surface area contributed by atoms with Crippen molar-refractivity contribution in [1.82, 2.24) is 15.1 Å². The van der Waals surface area contributed by atoms with Crippen molar-refractivity contribution in [2.45, 2.75) is 58.0 Å². The second kappa shape index (κ2) is 10.6. The van der Waals surface area contributed by atoms with E-state index < -0.39 is 0 Å². The molecular weight excluding hydrogens is 294 g/mol. The van der Waals surface area contributed by atoms with Crippen molar-refractivity contribution in [3.8, 4) is 0 Å². The fourth-order valence-corrected chi connectivity index (χ4v) is 3.01. The Bertz CT molecular complexity index is 376. The number of likely N-dealkylation sites (N-methyl/N-ethyl adjacent to an activating group) is 1. The fraction of sp³-hybridized carbons (Fsp3) is 0.882. The Morgan fingerprint density at radius 1 is 1.39 bits per heavy atom. The lowest BCUT2D eigenvalue weighted by Crippen LogP contribution is -2.52. The molecule has 1 N–H and O–H groups in total. The van der Waals surface area contributed by atoms with E-state index >= 15 is 0 Å². The monoisotopic (exact) mass is 327 g/mol. The Balaban J connectivity index is 2.43. The molecule has 134 valence electrons. The minimum atomic E-state index is -0.271. The van der Waals surface area contributed by atoms with Gasteiger partial charge in [0.15, 0.2) is 0 Å². The Kier molecular flexibility index (Phi) is 9.17. The zero-order valence-corrected chi connectivity index (χ0v) is 15.1. The van der Waals surface area contributed by atoms with E-state index in [1.807, 2.05) is 23.8 Å². The third-order valence-corrected chi connectivity index (χ3v) is 4.64. The minimum Gasteiger partial charge on any atom is -0.385 e. The van der Waals surface area contributed by atoms with E-state index in [4.69, 9.17) is 4.74 Å². The van der Waals surface area contributed by atoms with Crippen molar-refractivity contribution in [2.24, 2.45) is 0 Å². The first kappa shape index (κ1) is 19.9. The summed E-state index contributed by atoms with van der Waals surface area (Å²) in [4.78, 5) is 28.5. The zero-order valence-electron chi connectivity index (χ0n) is 15.1. The molecule has 6 heteroatoms. The van der Waals surface area contributed by atoms with Crippen molar-refractivity contribution >= 4 is 11.8 Å². The number of likely N-dealkylation sites (tertiary alicyclic amines) is 1. The smallest absolute Gasteiger partial charge is 0.239 e. The summed E-state index contributed by atoms with van der Waals surface area (Å²) in [5.74, 6) is 0.0974. The lowest BCUT2D eigenvalue weighted by molar-refractivity contribution is -0.140. The standard InChI is InChI=1S/C17H33N3O3/c1-5-15-9-6-7-11-20(15)17(22)14(2)19(3)13-16(21)18-10-8-12-23-4/h14-15H,5-13H2,1-4H3,(H,18,21). The molecular formula is C17H33N3O3. The van der Waals surface area contributed by atoms with Crippen LogP contribution < -0.4 is 5.32 Å². The van der Waals surface area contributed by atoms with Gasteiger partial charge in [0.25, 0.3) is 0 Å². The van der Waals surface area contributed by atoms with Crippen LogP contribution in [0.5, 0.6) is 0 Å². The molecule has 0 aromatic heterocycles. The van der Waals surface area contributed by atoms with Gasteiger partial charge in [-0.1, -0.05) is 6.92 Å². The van der Waals surface area contributed by atoms with Crippen LogP contribution in [0, 0.1) is 0 Å². The quantitative estimate of drug-likeness (QED) is 0.648. The van der Waals surface area contributed by atoms with Crippen LogP contribution in [0.15, 0.2) is 0 Å². The number of ether oxygens (including phenoxy) is 1. The number of nitrogens with one attached hydrogen (secondary N) is 1. The van der Waals surface area contributed by atoms with Gasteiger partial charge < -0.3 is 15.0 Å². The summed E-state index contributed by atoms with van der Waals surface area (Å²) < 4.78 is 4.95. The largest absolute Gasteiger partial charge is 0.385 e. The molecule has 1 rings (SSSR count). The predicted molar refractivity (Wildman–Crippen MR) is 91.2 cm³/mol. The Morgan fingerprint density at radius 3 is 2.78 bits per heavy atom. The second-order valence-electron chi connectivity index (χ2n) is 6.38. The van der Waals surface area contributed by atoms with E-state index in [0.29, 0.717) is 19.2 Å². The van der Waals surface area contributed by atoms with Crippen molar-refractivity contribution in [2.75, 3.05) is 40.4 Å². The number of rotatable bonds is 9. The van der Waals surface area contributed by atoms with Crippen LogP contribution in [-0.4, -0.2) is 74.1 Å². The van der Waals surface area contributed by atoms with Gasteiger partial charge in [0.1, 0.15) is 0 Å². The topological polar surface area (TPSA) is 61.9 Å². The number of nitrogens with zero attached hydrogens (tertiary/aromatic N) is 2. The summed E-state index contributed by atoms with van der Waals surface area (Å²) in [6.07, 6.45) is 5.18. The number of hydrogen-bond acceptors (Lipinski definition) is 4. The fourth-order valence-electron chi connectivity index (χ4n) is 3.01. The lowest BCUT2D eigenvalue weighted by Gasteiger charge is -2.38. The third kappa shape index (κ3) is 6.47. The van der Waals surface area contributed by atoms with Gasteiger partial charge in [-0.3, -0.25) is 14.5 Å². The molecule has 2 unspecified atom stereocenters. The molecule has 0 aromatic rings. The molecule has 1 aliphatic heterocycles. The average molecular weight is 327 g/mol. The number of hydrogen-bond donors (Lipinski definition) is 1. The highest BCUT2D eigenvalue weighted by Crippen LogP contribution is 2.21. The molecule has 0 aromatic carbocycles. The van der Waals surface area contributed by atoms with Gasteiger partial charge in [-0.25, -0.2) is 0 Å². The van der Waals surface area contributed by atoms with E-state index in [1.165, 1.54) is 6.42 Å². The maximum Gasteiger partial charge on any atom is 0.239 e.